The molecule has 1 aliphatic heterocycles. The summed E-state index contributed by atoms with van der Waals surface area (Å²) < 4.78 is 6.09. The Morgan fingerprint density at radius 3 is 2.55 bits per heavy atom. The molecule has 2 nitrogen and oxygen atoms in total. The summed E-state index contributed by atoms with van der Waals surface area (Å²) in [6.45, 7) is 1.01. The molecule has 0 aromatic carbocycles. The summed E-state index contributed by atoms with van der Waals surface area (Å²) in [4.78, 5) is 0. The van der Waals surface area contributed by atoms with Crippen LogP contribution in [0.2, 0.25) is 0 Å². The second-order valence-electron chi connectivity index (χ2n) is 7.61. The zero-order valence-electron chi connectivity index (χ0n) is 13.3. The van der Waals surface area contributed by atoms with E-state index in [0.29, 0.717) is 5.60 Å². The van der Waals surface area contributed by atoms with Crippen molar-refractivity contribution in [3.63, 3.8) is 0 Å². The van der Waals surface area contributed by atoms with Gasteiger partial charge in [0.25, 0.3) is 0 Å². The van der Waals surface area contributed by atoms with Crippen molar-refractivity contribution in [2.45, 2.75) is 88.7 Å². The van der Waals surface area contributed by atoms with Crippen LogP contribution in [0.1, 0.15) is 77.0 Å². The van der Waals surface area contributed by atoms with Crippen molar-refractivity contribution in [1.82, 2.24) is 5.32 Å². The van der Waals surface area contributed by atoms with E-state index in [0.717, 1.165) is 24.5 Å². The first-order valence-electron chi connectivity index (χ1n) is 9.12. The monoisotopic (exact) mass is 279 g/mol. The Hall–Kier alpha value is -0.0800. The molecule has 2 heteroatoms. The van der Waals surface area contributed by atoms with Crippen molar-refractivity contribution in [3.8, 4) is 0 Å². The van der Waals surface area contributed by atoms with Gasteiger partial charge < -0.3 is 10.1 Å². The Balaban J connectivity index is 1.47. The molecular weight excluding hydrogens is 246 g/mol. The fourth-order valence-corrected chi connectivity index (χ4v) is 4.84. The molecule has 0 bridgehead atoms. The zero-order valence-corrected chi connectivity index (χ0v) is 13.3. The van der Waals surface area contributed by atoms with E-state index in [1.54, 1.807) is 0 Å². The highest BCUT2D eigenvalue weighted by molar-refractivity contribution is 4.96. The number of hydrogen-bond acceptors (Lipinski definition) is 2. The Kier molecular flexibility index (Phi) is 5.04. The summed E-state index contributed by atoms with van der Waals surface area (Å²) in [5, 5.41) is 3.64. The highest BCUT2D eigenvalue weighted by Crippen LogP contribution is 2.45. The van der Waals surface area contributed by atoms with Gasteiger partial charge in [0.2, 0.25) is 0 Å². The van der Waals surface area contributed by atoms with Crippen molar-refractivity contribution in [2.75, 3.05) is 13.7 Å². The molecule has 3 fully saturated rings. The van der Waals surface area contributed by atoms with Gasteiger partial charge >= 0.3 is 0 Å². The highest BCUT2D eigenvalue weighted by Gasteiger charge is 2.44. The van der Waals surface area contributed by atoms with Crippen molar-refractivity contribution in [1.29, 1.82) is 0 Å². The molecule has 2 atom stereocenters. The lowest BCUT2D eigenvalue weighted by Gasteiger charge is -2.49. The lowest BCUT2D eigenvalue weighted by molar-refractivity contribution is -0.147. The van der Waals surface area contributed by atoms with Gasteiger partial charge in [-0.25, -0.2) is 0 Å². The molecule has 0 aromatic heterocycles. The van der Waals surface area contributed by atoms with Crippen LogP contribution in [-0.2, 0) is 4.74 Å². The second kappa shape index (κ2) is 6.79. The van der Waals surface area contributed by atoms with Crippen molar-refractivity contribution >= 4 is 0 Å². The molecule has 1 N–H and O–H groups in total. The van der Waals surface area contributed by atoms with Crippen LogP contribution in [0.5, 0.6) is 0 Å². The standard InChI is InChI=1S/C18H33NO/c1-19-17(9-8-15-6-3-2-4-7-15)16-10-13-20-18(14-16)11-5-12-18/h15-17,19H,2-14H2,1H3. The van der Waals surface area contributed by atoms with E-state index in [1.165, 1.54) is 77.0 Å². The van der Waals surface area contributed by atoms with Gasteiger partial charge in [0, 0.05) is 12.6 Å². The second-order valence-corrected chi connectivity index (χ2v) is 7.61. The molecule has 3 aliphatic rings. The molecule has 1 heterocycles. The molecule has 1 spiro atoms. The van der Waals surface area contributed by atoms with Gasteiger partial charge in [-0.3, -0.25) is 0 Å². The fraction of sp³-hybridized carbons (Fsp3) is 1.00. The van der Waals surface area contributed by atoms with E-state index in [9.17, 15) is 0 Å². The third-order valence-electron chi connectivity index (χ3n) is 6.35. The number of ether oxygens (including phenoxy) is 1. The lowest BCUT2D eigenvalue weighted by atomic mass is 9.69. The lowest BCUT2D eigenvalue weighted by Crippen LogP contribution is -2.49. The highest BCUT2D eigenvalue weighted by atomic mass is 16.5. The van der Waals surface area contributed by atoms with Gasteiger partial charge in [0.15, 0.2) is 0 Å². The molecular formula is C18H33NO. The van der Waals surface area contributed by atoms with Crippen LogP contribution < -0.4 is 5.32 Å². The SMILES string of the molecule is CNC(CCC1CCCCC1)C1CCOC2(CCC2)C1. The van der Waals surface area contributed by atoms with Gasteiger partial charge in [-0.05, 0) is 63.8 Å². The van der Waals surface area contributed by atoms with E-state index in [4.69, 9.17) is 4.74 Å². The molecule has 0 aromatic rings. The number of rotatable bonds is 5. The summed E-state index contributed by atoms with van der Waals surface area (Å²) in [6.07, 6.45) is 16.9. The van der Waals surface area contributed by atoms with E-state index in [2.05, 4.69) is 12.4 Å². The normalized spacial score (nSPS) is 31.9. The molecule has 1 saturated heterocycles. The number of nitrogens with one attached hydrogen (secondary N) is 1. The minimum absolute atomic E-state index is 0.308. The first-order chi connectivity index (χ1) is 9.81. The summed E-state index contributed by atoms with van der Waals surface area (Å²) in [6, 6.07) is 0.735. The average molecular weight is 279 g/mol. The first-order valence-corrected chi connectivity index (χ1v) is 9.12. The third-order valence-corrected chi connectivity index (χ3v) is 6.35. The predicted molar refractivity (Wildman–Crippen MR) is 83.9 cm³/mol. The van der Waals surface area contributed by atoms with Crippen LogP contribution in [0.25, 0.3) is 0 Å². The van der Waals surface area contributed by atoms with Crippen LogP contribution >= 0.6 is 0 Å². The molecule has 116 valence electrons. The molecule has 3 rings (SSSR count). The Bertz CT molecular complexity index is 294. The molecule has 0 radical (unpaired) electrons. The van der Waals surface area contributed by atoms with Crippen LogP contribution in [0.4, 0.5) is 0 Å². The van der Waals surface area contributed by atoms with Crippen LogP contribution in [0.3, 0.4) is 0 Å². The Morgan fingerprint density at radius 2 is 1.90 bits per heavy atom. The van der Waals surface area contributed by atoms with E-state index in [-0.39, 0.29) is 0 Å². The molecule has 20 heavy (non-hydrogen) atoms. The number of hydrogen-bond donors (Lipinski definition) is 1. The van der Waals surface area contributed by atoms with Crippen molar-refractivity contribution in [2.24, 2.45) is 11.8 Å². The molecule has 2 unspecified atom stereocenters. The fourth-order valence-electron chi connectivity index (χ4n) is 4.84. The maximum atomic E-state index is 6.09. The van der Waals surface area contributed by atoms with E-state index in [1.807, 2.05) is 0 Å². The van der Waals surface area contributed by atoms with Gasteiger partial charge in [-0.15, -0.1) is 0 Å². The van der Waals surface area contributed by atoms with Gasteiger partial charge in [-0.1, -0.05) is 32.1 Å². The van der Waals surface area contributed by atoms with Crippen molar-refractivity contribution in [3.05, 3.63) is 0 Å². The quantitative estimate of drug-likeness (QED) is 0.811. The topological polar surface area (TPSA) is 21.3 Å². The average Bonchev–Trinajstić information content (AvgIpc) is 2.48. The summed E-state index contributed by atoms with van der Waals surface area (Å²) in [5.74, 6) is 1.88. The molecule has 2 saturated carbocycles. The Labute approximate surface area is 125 Å². The van der Waals surface area contributed by atoms with Crippen LogP contribution in [0.15, 0.2) is 0 Å². The zero-order chi connectivity index (χ0) is 13.8. The minimum Gasteiger partial charge on any atom is -0.375 e. The van der Waals surface area contributed by atoms with E-state index >= 15 is 0 Å². The summed E-state index contributed by atoms with van der Waals surface area (Å²) in [5.41, 5.74) is 0.308. The Morgan fingerprint density at radius 1 is 1.10 bits per heavy atom. The largest absolute Gasteiger partial charge is 0.375 e. The van der Waals surface area contributed by atoms with Gasteiger partial charge in [-0.2, -0.15) is 0 Å². The first kappa shape index (κ1) is 14.8. The third kappa shape index (κ3) is 3.39. The summed E-state index contributed by atoms with van der Waals surface area (Å²) >= 11 is 0. The van der Waals surface area contributed by atoms with Gasteiger partial charge in [0.1, 0.15) is 0 Å². The van der Waals surface area contributed by atoms with Crippen LogP contribution in [0, 0.1) is 11.8 Å². The predicted octanol–water partition coefficient (Wildman–Crippen LogP) is 4.28. The molecule has 2 aliphatic carbocycles. The summed E-state index contributed by atoms with van der Waals surface area (Å²) in [7, 11) is 2.18. The smallest absolute Gasteiger partial charge is 0.0685 e. The minimum atomic E-state index is 0.308. The molecule has 0 amide bonds. The van der Waals surface area contributed by atoms with E-state index < -0.39 is 0 Å². The maximum Gasteiger partial charge on any atom is 0.0685 e. The maximum absolute atomic E-state index is 6.09. The van der Waals surface area contributed by atoms with Gasteiger partial charge in [0.05, 0.1) is 5.60 Å². The van der Waals surface area contributed by atoms with Crippen molar-refractivity contribution < 1.29 is 4.74 Å². The van der Waals surface area contributed by atoms with Crippen LogP contribution in [-0.4, -0.2) is 25.3 Å².